The van der Waals surface area contributed by atoms with Gasteiger partial charge in [0.05, 0.1) is 16.3 Å². The van der Waals surface area contributed by atoms with Gasteiger partial charge in [-0.15, -0.1) is 0 Å². The number of amides is 1. The predicted molar refractivity (Wildman–Crippen MR) is 71.3 cm³/mol. The van der Waals surface area contributed by atoms with E-state index in [0.717, 1.165) is 0 Å². The molecular formula is C12H7BrClFN2O. The zero-order chi connectivity index (χ0) is 13.1. The Morgan fingerprint density at radius 2 is 2.17 bits per heavy atom. The Kier molecular flexibility index (Phi) is 3.93. The summed E-state index contributed by atoms with van der Waals surface area (Å²) < 4.78 is 13.7. The number of carbonyl (C=O) groups excluding carboxylic acids is 1. The van der Waals surface area contributed by atoms with E-state index in [1.165, 1.54) is 36.7 Å². The molecule has 0 saturated carbocycles. The molecule has 0 fully saturated rings. The molecule has 2 aromatic rings. The maximum Gasteiger partial charge on any atom is 0.257 e. The van der Waals surface area contributed by atoms with Crippen LogP contribution in [0.5, 0.6) is 0 Å². The first-order chi connectivity index (χ1) is 8.58. The molecule has 1 aromatic heterocycles. The quantitative estimate of drug-likeness (QED) is 0.908. The minimum Gasteiger partial charge on any atom is -0.321 e. The van der Waals surface area contributed by atoms with E-state index in [9.17, 15) is 9.18 Å². The molecule has 0 atom stereocenters. The fourth-order valence-electron chi connectivity index (χ4n) is 1.34. The second-order valence-corrected chi connectivity index (χ2v) is 4.70. The van der Waals surface area contributed by atoms with Crippen LogP contribution in [-0.2, 0) is 0 Å². The minimum absolute atomic E-state index is 0.238. The molecule has 1 amide bonds. The second-order valence-electron chi connectivity index (χ2n) is 3.43. The summed E-state index contributed by atoms with van der Waals surface area (Å²) in [6.07, 6.45) is 2.83. The largest absolute Gasteiger partial charge is 0.321 e. The first kappa shape index (κ1) is 13.0. The molecule has 1 heterocycles. The molecule has 2 rings (SSSR count). The van der Waals surface area contributed by atoms with E-state index < -0.39 is 11.7 Å². The molecule has 6 heteroatoms. The highest BCUT2D eigenvalue weighted by Gasteiger charge is 2.12. The number of hydrogen-bond acceptors (Lipinski definition) is 2. The topological polar surface area (TPSA) is 42.0 Å². The van der Waals surface area contributed by atoms with Crippen LogP contribution in [0.3, 0.4) is 0 Å². The number of carbonyl (C=O) groups is 1. The Morgan fingerprint density at radius 1 is 1.39 bits per heavy atom. The summed E-state index contributed by atoms with van der Waals surface area (Å²) in [6, 6.07) is 5.51. The van der Waals surface area contributed by atoms with Crippen LogP contribution in [-0.4, -0.2) is 10.9 Å². The van der Waals surface area contributed by atoms with Gasteiger partial charge < -0.3 is 5.32 Å². The lowest BCUT2D eigenvalue weighted by Gasteiger charge is -2.08. The van der Waals surface area contributed by atoms with Gasteiger partial charge in [0.25, 0.3) is 5.91 Å². The lowest BCUT2D eigenvalue weighted by Crippen LogP contribution is -2.13. The highest BCUT2D eigenvalue weighted by Crippen LogP contribution is 2.24. The molecular weight excluding hydrogens is 322 g/mol. The second kappa shape index (κ2) is 5.46. The zero-order valence-corrected chi connectivity index (χ0v) is 11.3. The molecule has 0 bridgehead atoms. The van der Waals surface area contributed by atoms with Gasteiger partial charge in [-0.1, -0.05) is 11.6 Å². The summed E-state index contributed by atoms with van der Waals surface area (Å²) in [5.74, 6) is -0.858. The van der Waals surface area contributed by atoms with Gasteiger partial charge in [0.2, 0.25) is 0 Å². The van der Waals surface area contributed by atoms with Crippen molar-refractivity contribution in [3.8, 4) is 0 Å². The van der Waals surface area contributed by atoms with Crippen LogP contribution in [0.4, 0.5) is 10.1 Å². The van der Waals surface area contributed by atoms with Crippen LogP contribution in [0.15, 0.2) is 41.1 Å². The van der Waals surface area contributed by atoms with Gasteiger partial charge in [0.15, 0.2) is 0 Å². The number of pyridine rings is 1. The maximum absolute atomic E-state index is 13.1. The van der Waals surface area contributed by atoms with Crippen molar-refractivity contribution in [2.75, 3.05) is 5.32 Å². The van der Waals surface area contributed by atoms with Crippen molar-refractivity contribution in [3.05, 3.63) is 57.5 Å². The molecule has 0 radical (unpaired) electrons. The van der Waals surface area contributed by atoms with Crippen molar-refractivity contribution in [3.63, 3.8) is 0 Å². The zero-order valence-electron chi connectivity index (χ0n) is 8.95. The highest BCUT2D eigenvalue weighted by molar-refractivity contribution is 9.10. The lowest BCUT2D eigenvalue weighted by atomic mass is 10.2. The Morgan fingerprint density at radius 3 is 2.89 bits per heavy atom. The number of anilines is 1. The SMILES string of the molecule is O=C(Nc1cc(F)ccc1Br)c1ccncc1Cl. The van der Waals surface area contributed by atoms with Gasteiger partial charge in [-0.25, -0.2) is 4.39 Å². The number of hydrogen-bond donors (Lipinski definition) is 1. The van der Waals surface area contributed by atoms with Crippen molar-refractivity contribution in [2.45, 2.75) is 0 Å². The number of halogens is 3. The van der Waals surface area contributed by atoms with E-state index in [0.29, 0.717) is 10.2 Å². The normalized spacial score (nSPS) is 10.2. The van der Waals surface area contributed by atoms with Gasteiger partial charge in [-0.2, -0.15) is 0 Å². The van der Waals surface area contributed by atoms with Crippen molar-refractivity contribution in [2.24, 2.45) is 0 Å². The molecule has 1 aromatic carbocycles. The Hall–Kier alpha value is -1.46. The Bertz CT molecular complexity index is 606. The highest BCUT2D eigenvalue weighted by atomic mass is 79.9. The van der Waals surface area contributed by atoms with E-state index in [1.807, 2.05) is 0 Å². The summed E-state index contributed by atoms with van der Waals surface area (Å²) in [5.41, 5.74) is 0.621. The average molecular weight is 330 g/mol. The molecule has 0 saturated heterocycles. The van der Waals surface area contributed by atoms with Crippen LogP contribution in [0.2, 0.25) is 5.02 Å². The van der Waals surface area contributed by atoms with Gasteiger partial charge in [-0.05, 0) is 40.2 Å². The van der Waals surface area contributed by atoms with Crippen LogP contribution >= 0.6 is 27.5 Å². The third-order valence-corrected chi connectivity index (χ3v) is 3.19. The van der Waals surface area contributed by atoms with Gasteiger partial charge in [0.1, 0.15) is 5.82 Å². The molecule has 0 unspecified atom stereocenters. The first-order valence-corrected chi connectivity index (χ1v) is 6.11. The summed E-state index contributed by atoms with van der Waals surface area (Å²) in [4.78, 5) is 15.7. The number of benzene rings is 1. The van der Waals surface area contributed by atoms with E-state index >= 15 is 0 Å². The van der Waals surface area contributed by atoms with E-state index in [2.05, 4.69) is 26.2 Å². The molecule has 92 valence electrons. The maximum atomic E-state index is 13.1. The summed E-state index contributed by atoms with van der Waals surface area (Å²) >= 11 is 9.07. The van der Waals surface area contributed by atoms with Crippen LogP contribution in [0, 0.1) is 5.82 Å². The third kappa shape index (κ3) is 2.86. The standard InChI is InChI=1S/C12H7BrClFN2O/c13-9-2-1-7(15)5-11(9)17-12(18)8-3-4-16-6-10(8)14/h1-6H,(H,17,18). The van der Waals surface area contributed by atoms with Gasteiger partial charge in [-0.3, -0.25) is 9.78 Å². The monoisotopic (exact) mass is 328 g/mol. The van der Waals surface area contributed by atoms with Crippen molar-refractivity contribution in [1.29, 1.82) is 0 Å². The Balaban J connectivity index is 2.27. The van der Waals surface area contributed by atoms with Crippen LogP contribution in [0.25, 0.3) is 0 Å². The van der Waals surface area contributed by atoms with E-state index in [1.54, 1.807) is 0 Å². The number of rotatable bonds is 2. The number of nitrogens with zero attached hydrogens (tertiary/aromatic N) is 1. The predicted octanol–water partition coefficient (Wildman–Crippen LogP) is 3.89. The van der Waals surface area contributed by atoms with E-state index in [-0.39, 0.29) is 10.6 Å². The average Bonchev–Trinajstić information content (AvgIpc) is 2.34. The van der Waals surface area contributed by atoms with E-state index in [4.69, 9.17) is 11.6 Å². The number of aromatic nitrogens is 1. The van der Waals surface area contributed by atoms with Crippen LogP contribution < -0.4 is 5.32 Å². The molecule has 0 aliphatic carbocycles. The molecule has 0 aliphatic heterocycles. The minimum atomic E-state index is -0.436. The van der Waals surface area contributed by atoms with Crippen molar-refractivity contribution in [1.82, 2.24) is 4.98 Å². The van der Waals surface area contributed by atoms with Gasteiger partial charge in [0, 0.05) is 16.9 Å². The fraction of sp³-hybridized carbons (Fsp3) is 0. The van der Waals surface area contributed by atoms with Crippen molar-refractivity contribution < 1.29 is 9.18 Å². The number of nitrogens with one attached hydrogen (secondary N) is 1. The van der Waals surface area contributed by atoms with Crippen molar-refractivity contribution >= 4 is 39.1 Å². The molecule has 0 aliphatic rings. The lowest BCUT2D eigenvalue weighted by molar-refractivity contribution is 0.102. The molecule has 1 N–H and O–H groups in total. The summed E-state index contributed by atoms with van der Waals surface area (Å²) in [5, 5.41) is 2.81. The fourth-order valence-corrected chi connectivity index (χ4v) is 1.89. The summed E-state index contributed by atoms with van der Waals surface area (Å²) in [7, 11) is 0. The Labute approximate surface area is 116 Å². The molecule has 18 heavy (non-hydrogen) atoms. The molecule has 3 nitrogen and oxygen atoms in total. The summed E-state index contributed by atoms with van der Waals surface area (Å²) in [6.45, 7) is 0. The molecule has 0 spiro atoms. The first-order valence-electron chi connectivity index (χ1n) is 4.94. The van der Waals surface area contributed by atoms with Gasteiger partial charge >= 0.3 is 0 Å². The third-order valence-electron chi connectivity index (χ3n) is 2.19. The van der Waals surface area contributed by atoms with Crippen LogP contribution in [0.1, 0.15) is 10.4 Å². The smallest absolute Gasteiger partial charge is 0.257 e.